The van der Waals surface area contributed by atoms with Crippen LogP contribution in [0.4, 0.5) is 0 Å². The lowest BCUT2D eigenvalue weighted by Gasteiger charge is -2.24. The smallest absolute Gasteiger partial charge is 0.303 e. The molecule has 0 bridgehead atoms. The Labute approximate surface area is 207 Å². The molecular weight excluding hydrogens is 480 g/mol. The first-order chi connectivity index (χ1) is 16.5. The van der Waals surface area contributed by atoms with E-state index >= 15 is 0 Å². The van der Waals surface area contributed by atoms with Gasteiger partial charge in [0.05, 0.1) is 6.42 Å². The molecule has 11 heteroatoms. The number of benzene rings is 2. The number of amides is 2. The minimum absolute atomic E-state index is 0.0317. The van der Waals surface area contributed by atoms with Gasteiger partial charge in [0.25, 0.3) is 17.8 Å². The van der Waals surface area contributed by atoms with Crippen LogP contribution in [0, 0.1) is 0 Å². The van der Waals surface area contributed by atoms with E-state index in [4.69, 9.17) is 36.5 Å². The number of carboxylic acids is 3. The molecule has 2 heterocycles. The first-order valence-electron chi connectivity index (χ1n) is 10.5. The van der Waals surface area contributed by atoms with Crippen molar-refractivity contribution < 1.29 is 39.3 Å². The highest BCUT2D eigenvalue weighted by atomic mass is 35.5. The van der Waals surface area contributed by atoms with Gasteiger partial charge >= 0.3 is 5.97 Å². The molecule has 0 saturated carbocycles. The van der Waals surface area contributed by atoms with Crippen molar-refractivity contribution in [3.05, 3.63) is 70.7 Å². The Morgan fingerprint density at radius 3 is 1.86 bits per heavy atom. The third-order valence-corrected chi connectivity index (χ3v) is 4.76. The van der Waals surface area contributed by atoms with E-state index in [1.165, 1.54) is 0 Å². The molecule has 2 aliphatic rings. The Morgan fingerprint density at radius 2 is 1.37 bits per heavy atom. The molecule has 35 heavy (non-hydrogen) atoms. The highest BCUT2D eigenvalue weighted by molar-refractivity contribution is 6.30. The van der Waals surface area contributed by atoms with Gasteiger partial charge in [0.2, 0.25) is 5.91 Å². The summed E-state index contributed by atoms with van der Waals surface area (Å²) in [6.07, 6.45) is -0.576. The number of hydrogen-bond donors (Lipinski definition) is 3. The van der Waals surface area contributed by atoms with E-state index in [0.29, 0.717) is 18.7 Å². The fourth-order valence-corrected chi connectivity index (χ4v) is 3.43. The van der Waals surface area contributed by atoms with E-state index < -0.39 is 17.9 Å². The van der Waals surface area contributed by atoms with E-state index in [0.717, 1.165) is 24.4 Å². The Kier molecular flexibility index (Phi) is 11.9. The molecule has 4 rings (SSSR count). The molecule has 0 spiro atoms. The number of aliphatic carboxylic acids is 3. The Morgan fingerprint density at radius 1 is 0.857 bits per heavy atom. The predicted molar refractivity (Wildman–Crippen MR) is 127 cm³/mol. The average Bonchev–Trinajstić information content (AvgIpc) is 3.33. The standard InChI is InChI=1S/C14H14N2O4.C6H5Cl.2C2H4O2/c17-11(5-6-12(18)19)15-7-8-16-13(15)9-3-1-2-4-10(9)14(16)20;7-6-4-2-1-3-5-6;2*1-2(3)4/h1-4,13H,5-8H2,(H,18,19);1-5H;2*1H3,(H,3,4). The van der Waals surface area contributed by atoms with Crippen LogP contribution in [0.5, 0.6) is 0 Å². The number of rotatable bonds is 3. The number of carbonyl (C=O) groups is 5. The number of carbonyl (C=O) groups excluding carboxylic acids is 2. The summed E-state index contributed by atoms with van der Waals surface area (Å²) in [5.74, 6) is -2.93. The van der Waals surface area contributed by atoms with Crippen molar-refractivity contribution >= 4 is 41.3 Å². The summed E-state index contributed by atoms with van der Waals surface area (Å²) < 4.78 is 0. The molecule has 0 aliphatic carbocycles. The van der Waals surface area contributed by atoms with Gasteiger partial charge in [0.1, 0.15) is 6.17 Å². The molecule has 1 saturated heterocycles. The van der Waals surface area contributed by atoms with Crippen molar-refractivity contribution in [1.29, 1.82) is 0 Å². The summed E-state index contributed by atoms with van der Waals surface area (Å²) >= 11 is 5.54. The third-order valence-electron chi connectivity index (χ3n) is 4.51. The monoisotopic (exact) mass is 506 g/mol. The lowest BCUT2D eigenvalue weighted by atomic mass is 10.1. The SMILES string of the molecule is CC(=O)O.CC(=O)O.Clc1ccccc1.O=C(O)CCC(=O)N1CCN2C(=O)c3ccccc3C12. The zero-order valence-corrected chi connectivity index (χ0v) is 20.0. The van der Waals surface area contributed by atoms with Gasteiger partial charge in [-0.25, -0.2) is 0 Å². The molecule has 1 atom stereocenters. The van der Waals surface area contributed by atoms with Crippen LogP contribution in [0.25, 0.3) is 0 Å². The summed E-state index contributed by atoms with van der Waals surface area (Å²) in [5.41, 5.74) is 1.46. The zero-order valence-electron chi connectivity index (χ0n) is 19.3. The maximum atomic E-state index is 12.2. The summed E-state index contributed by atoms with van der Waals surface area (Å²) in [6, 6.07) is 16.7. The molecule has 0 radical (unpaired) electrons. The Bertz CT molecular complexity index is 1020. The summed E-state index contributed by atoms with van der Waals surface area (Å²) in [6.45, 7) is 3.13. The van der Waals surface area contributed by atoms with Gasteiger partial charge in [-0.05, 0) is 18.2 Å². The first kappa shape index (κ1) is 29.1. The molecule has 2 amide bonds. The van der Waals surface area contributed by atoms with Gasteiger partial charge in [0, 0.05) is 49.5 Å². The normalized spacial score (nSPS) is 14.6. The van der Waals surface area contributed by atoms with Gasteiger partial charge < -0.3 is 25.1 Å². The Hall–Kier alpha value is -3.92. The lowest BCUT2D eigenvalue weighted by Crippen LogP contribution is -2.33. The number of nitrogens with zero attached hydrogens (tertiary/aromatic N) is 2. The van der Waals surface area contributed by atoms with Crippen LogP contribution in [0.3, 0.4) is 0 Å². The van der Waals surface area contributed by atoms with E-state index in [1.807, 2.05) is 42.5 Å². The van der Waals surface area contributed by atoms with Gasteiger partial charge in [-0.3, -0.25) is 24.0 Å². The van der Waals surface area contributed by atoms with Gasteiger partial charge in [-0.15, -0.1) is 0 Å². The first-order valence-corrected chi connectivity index (χ1v) is 10.8. The van der Waals surface area contributed by atoms with Crippen molar-refractivity contribution in [3.63, 3.8) is 0 Å². The second kappa shape index (κ2) is 14.4. The van der Waals surface area contributed by atoms with Crippen molar-refractivity contribution in [2.75, 3.05) is 13.1 Å². The predicted octanol–water partition coefficient (Wildman–Crippen LogP) is 3.37. The maximum absolute atomic E-state index is 12.2. The average molecular weight is 507 g/mol. The van der Waals surface area contributed by atoms with Crippen LogP contribution in [0.2, 0.25) is 5.02 Å². The van der Waals surface area contributed by atoms with Gasteiger partial charge in [-0.2, -0.15) is 0 Å². The lowest BCUT2D eigenvalue weighted by molar-refractivity contribution is -0.141. The maximum Gasteiger partial charge on any atom is 0.303 e. The van der Waals surface area contributed by atoms with Crippen LogP contribution in [0.15, 0.2) is 54.6 Å². The highest BCUT2D eigenvalue weighted by Gasteiger charge is 2.45. The minimum atomic E-state index is -0.989. The fourth-order valence-electron chi connectivity index (χ4n) is 3.28. The van der Waals surface area contributed by atoms with Gasteiger partial charge in [0.15, 0.2) is 0 Å². The Balaban J connectivity index is 0.000000334. The molecule has 10 nitrogen and oxygen atoms in total. The van der Waals surface area contributed by atoms with E-state index in [-0.39, 0.29) is 30.8 Å². The molecule has 0 aromatic heterocycles. The number of fused-ring (bicyclic) bond motifs is 3. The second-order valence-electron chi connectivity index (χ2n) is 7.27. The van der Waals surface area contributed by atoms with Crippen LogP contribution < -0.4 is 0 Å². The quantitative estimate of drug-likeness (QED) is 0.572. The molecule has 3 N–H and O–H groups in total. The minimum Gasteiger partial charge on any atom is -0.481 e. The number of carboxylic acid groups (broad SMARTS) is 3. The fraction of sp³-hybridized carbons (Fsp3) is 0.292. The molecule has 2 aromatic rings. The third kappa shape index (κ3) is 9.85. The number of hydrogen-bond acceptors (Lipinski definition) is 5. The molecule has 1 fully saturated rings. The van der Waals surface area contributed by atoms with Crippen molar-refractivity contribution in [2.45, 2.75) is 32.9 Å². The number of halogens is 1. The van der Waals surface area contributed by atoms with Crippen molar-refractivity contribution in [2.24, 2.45) is 0 Å². The summed E-state index contributed by atoms with van der Waals surface area (Å²) in [5, 5.41) is 24.3. The van der Waals surface area contributed by atoms with Crippen LogP contribution >= 0.6 is 11.6 Å². The molecular formula is C24H27ClN2O8. The van der Waals surface area contributed by atoms with Crippen molar-refractivity contribution in [3.8, 4) is 0 Å². The topological polar surface area (TPSA) is 153 Å². The zero-order chi connectivity index (χ0) is 26.5. The van der Waals surface area contributed by atoms with E-state index in [2.05, 4.69) is 0 Å². The van der Waals surface area contributed by atoms with Crippen molar-refractivity contribution in [1.82, 2.24) is 9.80 Å². The highest BCUT2D eigenvalue weighted by Crippen LogP contribution is 2.39. The largest absolute Gasteiger partial charge is 0.481 e. The van der Waals surface area contributed by atoms with Crippen LogP contribution in [-0.4, -0.2) is 67.9 Å². The van der Waals surface area contributed by atoms with Crippen LogP contribution in [-0.2, 0) is 19.2 Å². The molecule has 2 aliphatic heterocycles. The molecule has 2 aromatic carbocycles. The van der Waals surface area contributed by atoms with Gasteiger partial charge in [-0.1, -0.05) is 48.0 Å². The van der Waals surface area contributed by atoms with Crippen LogP contribution in [0.1, 0.15) is 48.8 Å². The molecule has 188 valence electrons. The second-order valence-corrected chi connectivity index (χ2v) is 7.71. The van der Waals surface area contributed by atoms with E-state index in [9.17, 15) is 14.4 Å². The van der Waals surface area contributed by atoms with E-state index in [1.54, 1.807) is 21.9 Å². The summed E-state index contributed by atoms with van der Waals surface area (Å²) in [7, 11) is 0. The molecule has 1 unspecified atom stereocenters. The summed E-state index contributed by atoms with van der Waals surface area (Å²) in [4.78, 5) is 56.2.